The molecule has 6 heteroatoms. The Bertz CT molecular complexity index is 244. The van der Waals surface area contributed by atoms with Crippen molar-refractivity contribution in [1.29, 1.82) is 0 Å². The van der Waals surface area contributed by atoms with E-state index >= 15 is 0 Å². The number of nitrogens with one attached hydrogen (secondary N) is 1. The molecule has 1 aliphatic heterocycles. The molecular weight excluding hydrogens is 192 g/mol. The zero-order chi connectivity index (χ0) is 9.90. The van der Waals surface area contributed by atoms with Gasteiger partial charge in [-0.05, 0) is 18.8 Å². The molecule has 1 fully saturated rings. The largest absolute Gasteiger partial charge is 0.396 e. The number of hydrogen-bond acceptors (Lipinski definition) is 3. The summed E-state index contributed by atoms with van der Waals surface area (Å²) >= 11 is 0. The van der Waals surface area contributed by atoms with Crippen LogP contribution in [0.25, 0.3) is 0 Å². The van der Waals surface area contributed by atoms with Crippen molar-refractivity contribution in [1.82, 2.24) is 9.03 Å². The van der Waals surface area contributed by atoms with Crippen molar-refractivity contribution in [2.45, 2.75) is 12.8 Å². The van der Waals surface area contributed by atoms with E-state index in [1.54, 1.807) is 0 Å². The molecule has 0 unspecified atom stereocenters. The number of piperidine rings is 1. The van der Waals surface area contributed by atoms with Gasteiger partial charge in [-0.15, -0.1) is 0 Å². The lowest BCUT2D eigenvalue weighted by Gasteiger charge is -2.29. The molecule has 0 atom stereocenters. The highest BCUT2D eigenvalue weighted by Crippen LogP contribution is 2.17. The van der Waals surface area contributed by atoms with Crippen LogP contribution in [0.3, 0.4) is 0 Å². The van der Waals surface area contributed by atoms with Gasteiger partial charge in [0.15, 0.2) is 0 Å². The van der Waals surface area contributed by atoms with Crippen LogP contribution in [0, 0.1) is 5.92 Å². The fourth-order valence-corrected chi connectivity index (χ4v) is 2.41. The fraction of sp³-hybridized carbons (Fsp3) is 1.00. The molecule has 0 saturated carbocycles. The normalized spacial score (nSPS) is 22.0. The standard InChI is InChI=1S/C7H16N2O3S/c1-8-13(11,12)9-4-2-7(6-10)3-5-9/h7-8,10H,2-6H2,1H3. The molecule has 0 bridgehead atoms. The molecule has 0 aromatic heterocycles. The number of rotatable bonds is 3. The van der Waals surface area contributed by atoms with Crippen LogP contribution in [-0.2, 0) is 10.2 Å². The third-order valence-electron chi connectivity index (χ3n) is 2.43. The average Bonchev–Trinajstić information content (AvgIpc) is 2.18. The summed E-state index contributed by atoms with van der Waals surface area (Å²) in [7, 11) is -1.84. The summed E-state index contributed by atoms with van der Waals surface area (Å²) in [6.45, 7) is 1.18. The number of nitrogens with zero attached hydrogens (tertiary/aromatic N) is 1. The molecule has 0 aromatic rings. The predicted molar refractivity (Wildman–Crippen MR) is 49.4 cm³/mol. The van der Waals surface area contributed by atoms with E-state index in [9.17, 15) is 8.42 Å². The average molecular weight is 208 g/mol. The summed E-state index contributed by atoms with van der Waals surface area (Å²) in [5, 5.41) is 8.85. The van der Waals surface area contributed by atoms with Gasteiger partial charge in [-0.2, -0.15) is 12.7 Å². The number of hydrogen-bond donors (Lipinski definition) is 2. The van der Waals surface area contributed by atoms with Crippen molar-refractivity contribution >= 4 is 10.2 Å². The Hall–Kier alpha value is -0.170. The van der Waals surface area contributed by atoms with Crippen LogP contribution in [0.15, 0.2) is 0 Å². The van der Waals surface area contributed by atoms with Gasteiger partial charge in [0.1, 0.15) is 0 Å². The van der Waals surface area contributed by atoms with Gasteiger partial charge in [0.05, 0.1) is 0 Å². The smallest absolute Gasteiger partial charge is 0.279 e. The molecule has 0 aliphatic carbocycles. The van der Waals surface area contributed by atoms with Gasteiger partial charge in [0.2, 0.25) is 0 Å². The van der Waals surface area contributed by atoms with Crippen molar-refractivity contribution in [2.24, 2.45) is 5.92 Å². The second-order valence-electron chi connectivity index (χ2n) is 3.23. The van der Waals surface area contributed by atoms with Gasteiger partial charge >= 0.3 is 0 Å². The first-order chi connectivity index (χ1) is 6.10. The SMILES string of the molecule is CNS(=O)(=O)N1CCC(CO)CC1. The minimum absolute atomic E-state index is 0.160. The Balaban J connectivity index is 2.50. The third kappa shape index (κ3) is 2.63. The molecule has 1 heterocycles. The van der Waals surface area contributed by atoms with Crippen LogP contribution in [0.5, 0.6) is 0 Å². The van der Waals surface area contributed by atoms with Crippen molar-refractivity contribution in [3.63, 3.8) is 0 Å². The Morgan fingerprint density at radius 1 is 1.46 bits per heavy atom. The maximum Gasteiger partial charge on any atom is 0.279 e. The third-order valence-corrected chi connectivity index (χ3v) is 3.99. The van der Waals surface area contributed by atoms with Gasteiger partial charge in [0, 0.05) is 26.7 Å². The summed E-state index contributed by atoms with van der Waals surface area (Å²) in [6.07, 6.45) is 1.49. The highest BCUT2D eigenvalue weighted by molar-refractivity contribution is 7.87. The highest BCUT2D eigenvalue weighted by atomic mass is 32.2. The summed E-state index contributed by atoms with van der Waals surface area (Å²) in [6, 6.07) is 0. The Labute approximate surface area is 78.9 Å². The van der Waals surface area contributed by atoms with E-state index in [0.29, 0.717) is 13.1 Å². The van der Waals surface area contributed by atoms with E-state index in [-0.39, 0.29) is 12.5 Å². The van der Waals surface area contributed by atoms with Crippen molar-refractivity contribution in [3.8, 4) is 0 Å². The second-order valence-corrected chi connectivity index (χ2v) is 5.11. The van der Waals surface area contributed by atoms with E-state index in [1.807, 2.05) is 0 Å². The van der Waals surface area contributed by atoms with E-state index in [4.69, 9.17) is 5.11 Å². The molecule has 2 N–H and O–H groups in total. The summed E-state index contributed by atoms with van der Waals surface area (Å²) in [5.41, 5.74) is 0. The lowest BCUT2D eigenvalue weighted by molar-refractivity contribution is 0.169. The molecule has 0 spiro atoms. The quantitative estimate of drug-likeness (QED) is 0.635. The zero-order valence-corrected chi connectivity index (χ0v) is 8.55. The molecule has 5 nitrogen and oxygen atoms in total. The fourth-order valence-electron chi connectivity index (χ4n) is 1.46. The Morgan fingerprint density at radius 2 is 2.00 bits per heavy atom. The van der Waals surface area contributed by atoms with E-state index < -0.39 is 10.2 Å². The van der Waals surface area contributed by atoms with Crippen molar-refractivity contribution in [2.75, 3.05) is 26.7 Å². The molecule has 0 radical (unpaired) electrons. The van der Waals surface area contributed by atoms with Crippen LogP contribution < -0.4 is 4.72 Å². The lowest BCUT2D eigenvalue weighted by Crippen LogP contribution is -2.44. The minimum Gasteiger partial charge on any atom is -0.396 e. The van der Waals surface area contributed by atoms with Crippen LogP contribution in [0.1, 0.15) is 12.8 Å². The first kappa shape index (κ1) is 10.9. The molecule has 1 rings (SSSR count). The van der Waals surface area contributed by atoms with E-state index in [0.717, 1.165) is 12.8 Å². The van der Waals surface area contributed by atoms with Crippen molar-refractivity contribution < 1.29 is 13.5 Å². The highest BCUT2D eigenvalue weighted by Gasteiger charge is 2.26. The predicted octanol–water partition coefficient (Wildman–Crippen LogP) is -0.845. The maximum atomic E-state index is 11.3. The maximum absolute atomic E-state index is 11.3. The van der Waals surface area contributed by atoms with Gasteiger partial charge in [-0.25, -0.2) is 4.72 Å². The van der Waals surface area contributed by atoms with Crippen LogP contribution in [0.2, 0.25) is 0 Å². The lowest BCUT2D eigenvalue weighted by atomic mass is 10.00. The van der Waals surface area contributed by atoms with Crippen LogP contribution >= 0.6 is 0 Å². The minimum atomic E-state index is -3.25. The Kier molecular flexibility index (Phi) is 3.66. The summed E-state index contributed by atoms with van der Waals surface area (Å²) < 4.78 is 26.3. The number of aliphatic hydroxyl groups excluding tert-OH is 1. The van der Waals surface area contributed by atoms with Gasteiger partial charge in [-0.3, -0.25) is 0 Å². The van der Waals surface area contributed by atoms with E-state index in [2.05, 4.69) is 4.72 Å². The van der Waals surface area contributed by atoms with E-state index in [1.165, 1.54) is 11.4 Å². The summed E-state index contributed by atoms with van der Waals surface area (Å²) in [4.78, 5) is 0. The number of aliphatic hydroxyl groups is 1. The van der Waals surface area contributed by atoms with Crippen LogP contribution in [0.4, 0.5) is 0 Å². The molecule has 0 amide bonds. The zero-order valence-electron chi connectivity index (χ0n) is 7.73. The molecule has 78 valence electrons. The van der Waals surface area contributed by atoms with Crippen LogP contribution in [-0.4, -0.2) is 44.6 Å². The first-order valence-electron chi connectivity index (χ1n) is 4.39. The monoisotopic (exact) mass is 208 g/mol. The van der Waals surface area contributed by atoms with Gasteiger partial charge < -0.3 is 5.11 Å². The first-order valence-corrected chi connectivity index (χ1v) is 5.83. The molecule has 1 aliphatic rings. The molecule has 0 aromatic carbocycles. The second kappa shape index (κ2) is 4.36. The van der Waals surface area contributed by atoms with Gasteiger partial charge in [0.25, 0.3) is 10.2 Å². The summed E-state index contributed by atoms with van der Waals surface area (Å²) in [5.74, 6) is 0.267. The molecule has 1 saturated heterocycles. The Morgan fingerprint density at radius 3 is 2.38 bits per heavy atom. The van der Waals surface area contributed by atoms with Crippen molar-refractivity contribution in [3.05, 3.63) is 0 Å². The molecule has 13 heavy (non-hydrogen) atoms. The van der Waals surface area contributed by atoms with Gasteiger partial charge in [-0.1, -0.05) is 0 Å². The molecular formula is C7H16N2O3S. The topological polar surface area (TPSA) is 69.6 Å².